The lowest BCUT2D eigenvalue weighted by Gasteiger charge is -2.26. The summed E-state index contributed by atoms with van der Waals surface area (Å²) in [6.07, 6.45) is 1.74. The normalized spacial score (nSPS) is 10.4. The number of methoxy groups -OCH3 is 1. The second kappa shape index (κ2) is 8.44. The highest BCUT2D eigenvalue weighted by molar-refractivity contribution is 5.78. The largest absolute Gasteiger partial charge is 0.383 e. The smallest absolute Gasteiger partial charge is 0.236 e. The van der Waals surface area contributed by atoms with Crippen LogP contribution in [0.4, 0.5) is 0 Å². The quantitative estimate of drug-likeness (QED) is 0.476. The summed E-state index contributed by atoms with van der Waals surface area (Å²) < 4.78 is 4.97. The summed E-state index contributed by atoms with van der Waals surface area (Å²) in [5.74, 6) is 0.101. The van der Waals surface area contributed by atoms with Gasteiger partial charge in [0.2, 0.25) is 5.91 Å². The van der Waals surface area contributed by atoms with E-state index in [0.717, 1.165) is 0 Å². The van der Waals surface area contributed by atoms with E-state index in [1.165, 1.54) is 0 Å². The summed E-state index contributed by atoms with van der Waals surface area (Å²) in [5, 5.41) is 3.00. The van der Waals surface area contributed by atoms with Gasteiger partial charge in [0, 0.05) is 26.2 Å². The third-order valence-corrected chi connectivity index (χ3v) is 2.04. The average Bonchev–Trinajstić information content (AvgIpc) is 2.18. The standard InChI is InChI=1S/C11H22N2O2/c1-5-6-12-9-11(14)13(10(2)3)7-8-15-4/h5,10,12H,1,6-9H2,2-4H3. The molecule has 0 radical (unpaired) electrons. The van der Waals surface area contributed by atoms with Crippen LogP contribution in [0.25, 0.3) is 0 Å². The molecule has 1 amide bonds. The van der Waals surface area contributed by atoms with Crippen molar-refractivity contribution in [1.29, 1.82) is 0 Å². The Morgan fingerprint density at radius 2 is 2.27 bits per heavy atom. The van der Waals surface area contributed by atoms with Crippen LogP contribution in [0.3, 0.4) is 0 Å². The SMILES string of the molecule is C=CCNCC(=O)N(CCOC)C(C)C. The fourth-order valence-corrected chi connectivity index (χ4v) is 1.24. The van der Waals surface area contributed by atoms with E-state index in [2.05, 4.69) is 11.9 Å². The predicted molar refractivity (Wildman–Crippen MR) is 61.8 cm³/mol. The number of rotatable bonds is 8. The van der Waals surface area contributed by atoms with Gasteiger partial charge in [0.15, 0.2) is 0 Å². The van der Waals surface area contributed by atoms with Gasteiger partial charge in [-0.2, -0.15) is 0 Å². The summed E-state index contributed by atoms with van der Waals surface area (Å²) in [5.41, 5.74) is 0. The summed E-state index contributed by atoms with van der Waals surface area (Å²) in [4.78, 5) is 13.5. The van der Waals surface area contributed by atoms with E-state index in [-0.39, 0.29) is 11.9 Å². The molecule has 0 aliphatic heterocycles. The van der Waals surface area contributed by atoms with Crippen LogP contribution < -0.4 is 5.32 Å². The zero-order chi connectivity index (χ0) is 11.7. The lowest BCUT2D eigenvalue weighted by molar-refractivity contribution is -0.132. The Bertz CT molecular complexity index is 193. The van der Waals surface area contributed by atoms with Gasteiger partial charge in [0.05, 0.1) is 13.2 Å². The van der Waals surface area contributed by atoms with Crippen molar-refractivity contribution in [3.05, 3.63) is 12.7 Å². The fraction of sp³-hybridized carbons (Fsp3) is 0.727. The number of nitrogens with one attached hydrogen (secondary N) is 1. The minimum atomic E-state index is 0.101. The molecule has 0 saturated heterocycles. The molecule has 88 valence electrons. The van der Waals surface area contributed by atoms with Crippen molar-refractivity contribution in [2.75, 3.05) is 33.4 Å². The predicted octanol–water partition coefficient (Wildman–Crippen LogP) is 0.645. The molecular formula is C11H22N2O2. The molecule has 0 aliphatic carbocycles. The van der Waals surface area contributed by atoms with Crippen LogP contribution in [-0.2, 0) is 9.53 Å². The molecule has 0 aromatic heterocycles. The molecule has 0 aliphatic rings. The van der Waals surface area contributed by atoms with Gasteiger partial charge in [0.1, 0.15) is 0 Å². The molecule has 4 heteroatoms. The maximum atomic E-state index is 11.7. The summed E-state index contributed by atoms with van der Waals surface area (Å²) in [6.45, 7) is 9.81. The van der Waals surface area contributed by atoms with E-state index >= 15 is 0 Å². The highest BCUT2D eigenvalue weighted by Crippen LogP contribution is 1.98. The Morgan fingerprint density at radius 1 is 1.60 bits per heavy atom. The third-order valence-electron chi connectivity index (χ3n) is 2.04. The number of nitrogens with zero attached hydrogens (tertiary/aromatic N) is 1. The van der Waals surface area contributed by atoms with E-state index in [9.17, 15) is 4.79 Å². The number of carbonyl (C=O) groups is 1. The van der Waals surface area contributed by atoms with Gasteiger partial charge < -0.3 is 15.0 Å². The Kier molecular flexibility index (Phi) is 7.95. The number of hydrogen-bond acceptors (Lipinski definition) is 3. The summed E-state index contributed by atoms with van der Waals surface area (Å²) >= 11 is 0. The number of hydrogen-bond donors (Lipinski definition) is 1. The van der Waals surface area contributed by atoms with E-state index in [1.54, 1.807) is 18.1 Å². The van der Waals surface area contributed by atoms with Crippen molar-refractivity contribution >= 4 is 5.91 Å². The first-order valence-corrected chi connectivity index (χ1v) is 5.23. The molecule has 0 fully saturated rings. The topological polar surface area (TPSA) is 41.6 Å². The second-order valence-corrected chi connectivity index (χ2v) is 3.59. The van der Waals surface area contributed by atoms with Crippen LogP contribution in [0.1, 0.15) is 13.8 Å². The molecule has 4 nitrogen and oxygen atoms in total. The molecule has 0 aromatic carbocycles. The fourth-order valence-electron chi connectivity index (χ4n) is 1.24. The Hall–Kier alpha value is -0.870. The van der Waals surface area contributed by atoms with Crippen molar-refractivity contribution in [2.45, 2.75) is 19.9 Å². The van der Waals surface area contributed by atoms with Crippen LogP contribution in [-0.4, -0.2) is 50.2 Å². The zero-order valence-corrected chi connectivity index (χ0v) is 9.95. The molecule has 0 rings (SSSR count). The Morgan fingerprint density at radius 3 is 2.73 bits per heavy atom. The first-order valence-electron chi connectivity index (χ1n) is 5.23. The third kappa shape index (κ3) is 6.25. The monoisotopic (exact) mass is 214 g/mol. The Labute approximate surface area is 92.3 Å². The maximum absolute atomic E-state index is 11.7. The van der Waals surface area contributed by atoms with Gasteiger partial charge in [0.25, 0.3) is 0 Å². The minimum absolute atomic E-state index is 0.101. The van der Waals surface area contributed by atoms with Gasteiger partial charge in [-0.1, -0.05) is 6.08 Å². The van der Waals surface area contributed by atoms with E-state index in [1.807, 2.05) is 13.8 Å². The number of amides is 1. The van der Waals surface area contributed by atoms with Crippen molar-refractivity contribution in [3.8, 4) is 0 Å². The maximum Gasteiger partial charge on any atom is 0.236 e. The lowest BCUT2D eigenvalue weighted by atomic mass is 10.3. The highest BCUT2D eigenvalue weighted by Gasteiger charge is 2.15. The highest BCUT2D eigenvalue weighted by atomic mass is 16.5. The molecule has 1 N–H and O–H groups in total. The van der Waals surface area contributed by atoms with Gasteiger partial charge in [-0.3, -0.25) is 4.79 Å². The Balaban J connectivity index is 3.98. The van der Waals surface area contributed by atoms with Crippen LogP contribution in [0.5, 0.6) is 0 Å². The number of ether oxygens (including phenoxy) is 1. The molecule has 0 spiro atoms. The molecule has 0 unspecified atom stereocenters. The first-order chi connectivity index (χ1) is 7.13. The van der Waals surface area contributed by atoms with Crippen molar-refractivity contribution in [2.24, 2.45) is 0 Å². The molecule has 0 saturated carbocycles. The molecule has 0 aromatic rings. The summed E-state index contributed by atoms with van der Waals surface area (Å²) in [6, 6.07) is 0.207. The van der Waals surface area contributed by atoms with Crippen LogP contribution in [0.2, 0.25) is 0 Å². The van der Waals surface area contributed by atoms with E-state index in [0.29, 0.717) is 26.2 Å². The lowest BCUT2D eigenvalue weighted by Crippen LogP contribution is -2.43. The summed E-state index contributed by atoms with van der Waals surface area (Å²) in [7, 11) is 1.64. The van der Waals surface area contributed by atoms with Crippen molar-refractivity contribution in [1.82, 2.24) is 10.2 Å². The van der Waals surface area contributed by atoms with Gasteiger partial charge in [-0.15, -0.1) is 6.58 Å². The van der Waals surface area contributed by atoms with Crippen LogP contribution >= 0.6 is 0 Å². The molecule has 0 bridgehead atoms. The molecular weight excluding hydrogens is 192 g/mol. The second-order valence-electron chi connectivity index (χ2n) is 3.59. The van der Waals surface area contributed by atoms with E-state index < -0.39 is 0 Å². The van der Waals surface area contributed by atoms with Gasteiger partial charge in [-0.25, -0.2) is 0 Å². The van der Waals surface area contributed by atoms with E-state index in [4.69, 9.17) is 4.74 Å². The zero-order valence-electron chi connectivity index (χ0n) is 9.95. The van der Waals surface area contributed by atoms with Crippen LogP contribution in [0, 0.1) is 0 Å². The molecule has 15 heavy (non-hydrogen) atoms. The molecule has 0 heterocycles. The first kappa shape index (κ1) is 14.1. The molecule has 0 atom stereocenters. The number of carbonyl (C=O) groups excluding carboxylic acids is 1. The van der Waals surface area contributed by atoms with Gasteiger partial charge >= 0.3 is 0 Å². The average molecular weight is 214 g/mol. The van der Waals surface area contributed by atoms with Gasteiger partial charge in [-0.05, 0) is 13.8 Å². The van der Waals surface area contributed by atoms with Crippen molar-refractivity contribution < 1.29 is 9.53 Å². The minimum Gasteiger partial charge on any atom is -0.383 e. The van der Waals surface area contributed by atoms with Crippen molar-refractivity contribution in [3.63, 3.8) is 0 Å². The van der Waals surface area contributed by atoms with Crippen LogP contribution in [0.15, 0.2) is 12.7 Å².